The Balaban J connectivity index is 2.20. The van der Waals surface area contributed by atoms with Crippen molar-refractivity contribution in [2.45, 2.75) is 10.6 Å². The smallest absolute Gasteiger partial charge is 0.336 e. The minimum atomic E-state index is -0.978. The van der Waals surface area contributed by atoms with E-state index in [4.69, 9.17) is 22.4 Å². The molecule has 98 valence electrons. The monoisotopic (exact) mass is 293 g/mol. The van der Waals surface area contributed by atoms with Gasteiger partial charge in [0.05, 0.1) is 5.56 Å². The van der Waals surface area contributed by atoms with Crippen LogP contribution in [0.2, 0.25) is 5.02 Å². The molecule has 5 heteroatoms. The molecular weight excluding hydrogens is 282 g/mol. The van der Waals surface area contributed by atoms with Crippen LogP contribution in [0.15, 0.2) is 47.4 Å². The number of nitrogens with two attached hydrogens (primary N) is 1. The van der Waals surface area contributed by atoms with E-state index in [0.717, 1.165) is 5.56 Å². The van der Waals surface area contributed by atoms with E-state index in [1.165, 1.54) is 17.8 Å². The van der Waals surface area contributed by atoms with Gasteiger partial charge in [-0.3, -0.25) is 0 Å². The number of hydrogen-bond acceptors (Lipinski definition) is 3. The Morgan fingerprint density at radius 2 is 2.00 bits per heavy atom. The second-order valence-electron chi connectivity index (χ2n) is 3.94. The van der Waals surface area contributed by atoms with Crippen LogP contribution in [0.3, 0.4) is 0 Å². The van der Waals surface area contributed by atoms with Gasteiger partial charge in [-0.15, -0.1) is 11.8 Å². The maximum absolute atomic E-state index is 11.2. The van der Waals surface area contributed by atoms with Gasteiger partial charge in [-0.1, -0.05) is 29.8 Å². The Bertz CT molecular complexity index is 616. The summed E-state index contributed by atoms with van der Waals surface area (Å²) >= 11 is 7.50. The third-order valence-corrected chi connectivity index (χ3v) is 4.07. The van der Waals surface area contributed by atoms with E-state index < -0.39 is 5.97 Å². The van der Waals surface area contributed by atoms with Crippen molar-refractivity contribution in [2.24, 2.45) is 0 Å². The van der Waals surface area contributed by atoms with Gasteiger partial charge in [0, 0.05) is 21.4 Å². The molecule has 2 rings (SSSR count). The molecule has 0 unspecified atom stereocenters. The van der Waals surface area contributed by atoms with E-state index in [2.05, 4.69) is 0 Å². The Kier molecular flexibility index (Phi) is 4.35. The van der Waals surface area contributed by atoms with Crippen LogP contribution in [-0.2, 0) is 5.75 Å². The van der Waals surface area contributed by atoms with Crippen molar-refractivity contribution in [1.29, 1.82) is 0 Å². The average Bonchev–Trinajstić information content (AvgIpc) is 2.38. The summed E-state index contributed by atoms with van der Waals surface area (Å²) in [5, 5.41) is 9.83. The highest BCUT2D eigenvalue weighted by atomic mass is 35.5. The topological polar surface area (TPSA) is 63.3 Å². The summed E-state index contributed by atoms with van der Waals surface area (Å²) in [4.78, 5) is 11.8. The van der Waals surface area contributed by atoms with Crippen molar-refractivity contribution in [3.05, 3.63) is 58.6 Å². The van der Waals surface area contributed by atoms with Gasteiger partial charge >= 0.3 is 5.97 Å². The van der Waals surface area contributed by atoms with Gasteiger partial charge in [0.2, 0.25) is 0 Å². The summed E-state index contributed by atoms with van der Waals surface area (Å²) in [6, 6.07) is 12.4. The van der Waals surface area contributed by atoms with Crippen molar-refractivity contribution >= 4 is 35.0 Å². The zero-order valence-corrected chi connectivity index (χ0v) is 11.5. The molecule has 2 aromatic rings. The molecule has 0 aliphatic rings. The quantitative estimate of drug-likeness (QED) is 0.662. The summed E-state index contributed by atoms with van der Waals surface area (Å²) in [7, 11) is 0. The molecule has 0 aromatic heterocycles. The average molecular weight is 294 g/mol. The van der Waals surface area contributed by atoms with E-state index in [-0.39, 0.29) is 5.56 Å². The number of thioether (sulfide) groups is 1. The molecule has 0 bridgehead atoms. The SMILES string of the molecule is Nc1ccc(SCc2ccccc2Cl)c(C(=O)O)c1. The molecule has 19 heavy (non-hydrogen) atoms. The highest BCUT2D eigenvalue weighted by molar-refractivity contribution is 7.98. The van der Waals surface area contributed by atoms with Crippen molar-refractivity contribution in [3.8, 4) is 0 Å². The molecule has 3 nitrogen and oxygen atoms in total. The van der Waals surface area contributed by atoms with E-state index >= 15 is 0 Å². The van der Waals surface area contributed by atoms with Crippen molar-refractivity contribution in [3.63, 3.8) is 0 Å². The maximum atomic E-state index is 11.2. The van der Waals surface area contributed by atoms with Crippen LogP contribution in [0.1, 0.15) is 15.9 Å². The summed E-state index contributed by atoms with van der Waals surface area (Å²) in [5.41, 5.74) is 7.24. The van der Waals surface area contributed by atoms with E-state index in [9.17, 15) is 4.79 Å². The molecule has 0 saturated heterocycles. The summed E-state index contributed by atoms with van der Waals surface area (Å²) in [6.45, 7) is 0. The normalized spacial score (nSPS) is 10.4. The number of anilines is 1. The van der Waals surface area contributed by atoms with Crippen molar-refractivity contribution < 1.29 is 9.90 Å². The summed E-state index contributed by atoms with van der Waals surface area (Å²) in [5.74, 6) is -0.363. The number of rotatable bonds is 4. The van der Waals surface area contributed by atoms with Crippen LogP contribution in [0.5, 0.6) is 0 Å². The van der Waals surface area contributed by atoms with Crippen LogP contribution in [0.4, 0.5) is 5.69 Å². The highest BCUT2D eigenvalue weighted by Gasteiger charge is 2.11. The third-order valence-electron chi connectivity index (χ3n) is 2.58. The van der Waals surface area contributed by atoms with E-state index in [1.54, 1.807) is 12.1 Å². The highest BCUT2D eigenvalue weighted by Crippen LogP contribution is 2.30. The number of carboxylic acids is 1. The van der Waals surface area contributed by atoms with Crippen molar-refractivity contribution in [1.82, 2.24) is 0 Å². The first-order valence-electron chi connectivity index (χ1n) is 5.57. The lowest BCUT2D eigenvalue weighted by Crippen LogP contribution is -2.00. The number of halogens is 1. The Morgan fingerprint density at radius 3 is 2.68 bits per heavy atom. The fraction of sp³-hybridized carbons (Fsp3) is 0.0714. The first-order chi connectivity index (χ1) is 9.08. The number of carbonyl (C=O) groups is 1. The molecule has 0 fully saturated rings. The molecule has 2 aromatic carbocycles. The minimum Gasteiger partial charge on any atom is -0.478 e. The molecule has 0 saturated carbocycles. The summed E-state index contributed by atoms with van der Waals surface area (Å²) < 4.78 is 0. The second kappa shape index (κ2) is 5.99. The van der Waals surface area contributed by atoms with Gasteiger partial charge < -0.3 is 10.8 Å². The Hall–Kier alpha value is -1.65. The fourth-order valence-electron chi connectivity index (χ4n) is 1.61. The van der Waals surface area contributed by atoms with Crippen molar-refractivity contribution in [2.75, 3.05) is 5.73 Å². The van der Waals surface area contributed by atoms with Gasteiger partial charge in [-0.05, 0) is 29.8 Å². The largest absolute Gasteiger partial charge is 0.478 e. The molecule has 0 heterocycles. The lowest BCUT2D eigenvalue weighted by atomic mass is 10.2. The maximum Gasteiger partial charge on any atom is 0.336 e. The van der Waals surface area contributed by atoms with E-state index in [0.29, 0.717) is 21.4 Å². The lowest BCUT2D eigenvalue weighted by Gasteiger charge is -2.08. The molecular formula is C14H12ClNO2S. The van der Waals surface area contributed by atoms with E-state index in [1.807, 2.05) is 24.3 Å². The summed E-state index contributed by atoms with van der Waals surface area (Å²) in [6.07, 6.45) is 0. The number of hydrogen-bond donors (Lipinski definition) is 2. The molecule has 0 aliphatic heterocycles. The first kappa shape index (κ1) is 13.8. The number of aromatic carboxylic acids is 1. The lowest BCUT2D eigenvalue weighted by molar-refractivity contribution is 0.0693. The minimum absolute atomic E-state index is 0.219. The number of nitrogen functional groups attached to an aromatic ring is 1. The van der Waals surface area contributed by atoms with Gasteiger partial charge in [-0.25, -0.2) is 4.79 Å². The predicted octanol–water partition coefficient (Wildman–Crippen LogP) is 3.91. The number of benzene rings is 2. The van der Waals surface area contributed by atoms with Crippen LogP contribution < -0.4 is 5.73 Å². The molecule has 0 amide bonds. The Morgan fingerprint density at radius 1 is 1.26 bits per heavy atom. The zero-order chi connectivity index (χ0) is 13.8. The van der Waals surface area contributed by atoms with Crippen LogP contribution in [-0.4, -0.2) is 11.1 Å². The third kappa shape index (κ3) is 3.43. The number of carboxylic acid groups (broad SMARTS) is 1. The van der Waals surface area contributed by atoms with Gasteiger partial charge in [0.25, 0.3) is 0 Å². The molecule has 0 aliphatic carbocycles. The van der Waals surface area contributed by atoms with Gasteiger partial charge in [0.15, 0.2) is 0 Å². The van der Waals surface area contributed by atoms with Crippen LogP contribution >= 0.6 is 23.4 Å². The second-order valence-corrected chi connectivity index (χ2v) is 5.37. The van der Waals surface area contributed by atoms with Crippen LogP contribution in [0.25, 0.3) is 0 Å². The van der Waals surface area contributed by atoms with Crippen LogP contribution in [0, 0.1) is 0 Å². The molecule has 3 N–H and O–H groups in total. The fourth-order valence-corrected chi connectivity index (χ4v) is 2.92. The predicted molar refractivity (Wildman–Crippen MR) is 78.8 cm³/mol. The zero-order valence-electron chi connectivity index (χ0n) is 9.97. The molecule has 0 radical (unpaired) electrons. The molecule has 0 spiro atoms. The van der Waals surface area contributed by atoms with Gasteiger partial charge in [0.1, 0.15) is 0 Å². The standard InChI is InChI=1S/C14H12ClNO2S/c15-12-4-2-1-3-9(12)8-19-13-6-5-10(16)7-11(13)14(17)18/h1-7H,8,16H2,(H,17,18). The Labute approximate surface area is 120 Å². The van der Waals surface area contributed by atoms with Gasteiger partial charge in [-0.2, -0.15) is 0 Å². The molecule has 0 atom stereocenters. The first-order valence-corrected chi connectivity index (χ1v) is 6.93.